The van der Waals surface area contributed by atoms with Crippen molar-refractivity contribution in [1.82, 2.24) is 0 Å². The maximum atomic E-state index is 12.3. The van der Waals surface area contributed by atoms with Crippen LogP contribution in [-0.4, -0.2) is 22.1 Å². The van der Waals surface area contributed by atoms with Crippen LogP contribution in [-0.2, 0) is 4.79 Å². The average molecular weight is 217 g/mol. The molecule has 0 radical (unpaired) electrons. The third kappa shape index (κ3) is 1.06. The van der Waals surface area contributed by atoms with Crippen molar-refractivity contribution < 1.29 is 23.1 Å². The van der Waals surface area contributed by atoms with Crippen molar-refractivity contribution in [2.75, 3.05) is 0 Å². The first-order valence-corrected chi connectivity index (χ1v) is 3.93. The second-order valence-electron chi connectivity index (χ2n) is 3.70. The van der Waals surface area contributed by atoms with E-state index in [0.717, 1.165) is 0 Å². The lowest BCUT2D eigenvalue weighted by molar-refractivity contribution is -0.155. The summed E-state index contributed by atoms with van der Waals surface area (Å²) in [4.78, 5) is 7.85. The first kappa shape index (κ1) is 10.6. The lowest BCUT2D eigenvalue weighted by atomic mass is 10.1. The van der Waals surface area contributed by atoms with Crippen molar-refractivity contribution in [2.24, 2.45) is 11.3 Å². The van der Waals surface area contributed by atoms with E-state index in [2.05, 4.69) is 0 Å². The smallest absolute Gasteiger partial charge is 0.409 e. The van der Waals surface area contributed by atoms with E-state index >= 15 is 0 Å². The summed E-state index contributed by atoms with van der Waals surface area (Å²) in [6.07, 6.45) is -4.68. The van der Waals surface area contributed by atoms with Crippen molar-refractivity contribution >= 4 is 17.6 Å². The third-order valence-corrected chi connectivity index (χ3v) is 3.55. The Morgan fingerprint density at radius 3 is 1.92 bits per heavy atom. The van der Waals surface area contributed by atoms with Gasteiger partial charge < -0.3 is 5.11 Å². The van der Waals surface area contributed by atoms with Gasteiger partial charge in [-0.25, -0.2) is 0 Å². The topological polar surface area (TPSA) is 37.3 Å². The largest absolute Gasteiger partial charge is 0.481 e. The Bertz CT molecular complexity index is 261. The Kier molecular flexibility index (Phi) is 1.90. The molecule has 0 saturated heterocycles. The summed E-state index contributed by atoms with van der Waals surface area (Å²) in [6.45, 7) is 2.40. The molecule has 0 aromatic rings. The van der Waals surface area contributed by atoms with Gasteiger partial charge in [-0.05, 0) is 0 Å². The van der Waals surface area contributed by atoms with Gasteiger partial charge in [-0.1, -0.05) is 13.8 Å². The van der Waals surface area contributed by atoms with Crippen molar-refractivity contribution in [1.29, 1.82) is 0 Å². The SMILES string of the molecule is CC1(C)C(C(=O)O)C1(Cl)C(F)(F)F. The van der Waals surface area contributed by atoms with Crippen LogP contribution in [0.3, 0.4) is 0 Å². The molecule has 0 aromatic heterocycles. The Morgan fingerprint density at radius 2 is 1.85 bits per heavy atom. The minimum Gasteiger partial charge on any atom is -0.481 e. The van der Waals surface area contributed by atoms with E-state index in [1.165, 1.54) is 13.8 Å². The van der Waals surface area contributed by atoms with Crippen LogP contribution >= 0.6 is 11.6 Å². The van der Waals surface area contributed by atoms with E-state index in [1.807, 2.05) is 0 Å². The number of aliphatic carboxylic acids is 1. The highest BCUT2D eigenvalue weighted by atomic mass is 35.5. The van der Waals surface area contributed by atoms with E-state index in [4.69, 9.17) is 16.7 Å². The fourth-order valence-electron chi connectivity index (χ4n) is 1.72. The molecule has 1 saturated carbocycles. The molecule has 1 rings (SSSR count). The van der Waals surface area contributed by atoms with Gasteiger partial charge in [-0.3, -0.25) is 4.79 Å². The molecule has 0 amide bonds. The fourth-order valence-corrected chi connectivity index (χ4v) is 2.14. The molecule has 1 aliphatic carbocycles. The number of carboxylic acids is 1. The monoisotopic (exact) mass is 216 g/mol. The third-order valence-electron chi connectivity index (χ3n) is 2.63. The molecule has 1 N–H and O–H groups in total. The number of rotatable bonds is 1. The maximum Gasteiger partial charge on any atom is 0.409 e. The molecule has 0 aromatic carbocycles. The summed E-state index contributed by atoms with van der Waals surface area (Å²) in [5.74, 6) is -3.06. The van der Waals surface area contributed by atoms with Gasteiger partial charge in [-0.2, -0.15) is 13.2 Å². The fraction of sp³-hybridized carbons (Fsp3) is 0.857. The average Bonchev–Trinajstić information content (AvgIpc) is 2.26. The Balaban J connectivity index is 3.04. The highest BCUT2D eigenvalue weighted by Gasteiger charge is 2.85. The summed E-state index contributed by atoms with van der Waals surface area (Å²) in [5, 5.41) is 8.50. The van der Waals surface area contributed by atoms with Crippen LogP contribution in [0.5, 0.6) is 0 Å². The van der Waals surface area contributed by atoms with Crippen molar-refractivity contribution in [3.63, 3.8) is 0 Å². The molecule has 2 atom stereocenters. The van der Waals surface area contributed by atoms with Crippen molar-refractivity contribution in [3.8, 4) is 0 Å². The molecule has 76 valence electrons. The molecular formula is C7H8ClF3O2. The van der Waals surface area contributed by atoms with Crippen LogP contribution in [0.15, 0.2) is 0 Å². The molecule has 0 aliphatic heterocycles. The van der Waals surface area contributed by atoms with Crippen LogP contribution in [0.1, 0.15) is 13.8 Å². The molecule has 0 bridgehead atoms. The number of hydrogen-bond acceptors (Lipinski definition) is 1. The Morgan fingerprint density at radius 1 is 1.46 bits per heavy atom. The van der Waals surface area contributed by atoms with Gasteiger partial charge in [0.05, 0.1) is 5.92 Å². The number of hydrogen-bond donors (Lipinski definition) is 1. The Hall–Kier alpha value is -0.450. The quantitative estimate of drug-likeness (QED) is 0.683. The van der Waals surface area contributed by atoms with E-state index in [1.54, 1.807) is 0 Å². The van der Waals surface area contributed by atoms with Crippen LogP contribution in [0.2, 0.25) is 0 Å². The number of alkyl halides is 4. The summed E-state index contributed by atoms with van der Waals surface area (Å²) >= 11 is 5.27. The van der Waals surface area contributed by atoms with E-state index in [-0.39, 0.29) is 0 Å². The zero-order valence-electron chi connectivity index (χ0n) is 6.94. The van der Waals surface area contributed by atoms with Gasteiger partial charge in [-0.15, -0.1) is 11.6 Å². The van der Waals surface area contributed by atoms with Gasteiger partial charge in [0, 0.05) is 5.41 Å². The second kappa shape index (κ2) is 2.32. The molecule has 6 heteroatoms. The van der Waals surface area contributed by atoms with Gasteiger partial charge in [0.25, 0.3) is 0 Å². The molecule has 1 fully saturated rings. The highest BCUT2D eigenvalue weighted by Crippen LogP contribution is 2.72. The minimum absolute atomic E-state index is 1.20. The predicted molar refractivity (Wildman–Crippen MR) is 39.5 cm³/mol. The lowest BCUT2D eigenvalue weighted by Gasteiger charge is -2.15. The maximum absolute atomic E-state index is 12.3. The van der Waals surface area contributed by atoms with E-state index in [0.29, 0.717) is 0 Å². The first-order chi connectivity index (χ1) is 5.57. The second-order valence-corrected chi connectivity index (χ2v) is 4.30. The minimum atomic E-state index is -4.68. The molecule has 2 unspecified atom stereocenters. The number of carboxylic acid groups (broad SMARTS) is 1. The van der Waals surface area contributed by atoms with Crippen molar-refractivity contribution in [3.05, 3.63) is 0 Å². The van der Waals surface area contributed by atoms with Gasteiger partial charge >= 0.3 is 12.1 Å². The first-order valence-electron chi connectivity index (χ1n) is 3.55. The zero-order chi connectivity index (χ0) is 10.7. The van der Waals surface area contributed by atoms with Crippen molar-refractivity contribution in [2.45, 2.75) is 24.9 Å². The normalized spacial score (nSPS) is 37.2. The van der Waals surface area contributed by atoms with Crippen LogP contribution in [0.25, 0.3) is 0 Å². The lowest BCUT2D eigenvalue weighted by Crippen LogP contribution is -2.31. The van der Waals surface area contributed by atoms with Gasteiger partial charge in [0.2, 0.25) is 0 Å². The van der Waals surface area contributed by atoms with Crippen LogP contribution in [0, 0.1) is 11.3 Å². The molecule has 0 spiro atoms. The molecule has 1 aliphatic rings. The summed E-state index contributed by atoms with van der Waals surface area (Å²) in [6, 6.07) is 0. The molecule has 2 nitrogen and oxygen atoms in total. The van der Waals surface area contributed by atoms with E-state index < -0.39 is 28.4 Å². The Labute approximate surface area is 77.7 Å². The zero-order valence-corrected chi connectivity index (χ0v) is 7.70. The molecule has 13 heavy (non-hydrogen) atoms. The van der Waals surface area contributed by atoms with Crippen LogP contribution < -0.4 is 0 Å². The summed E-state index contributed by atoms with van der Waals surface area (Å²) in [5.41, 5.74) is -1.43. The van der Waals surface area contributed by atoms with Gasteiger partial charge in [0.1, 0.15) is 0 Å². The highest BCUT2D eigenvalue weighted by molar-refractivity contribution is 6.30. The van der Waals surface area contributed by atoms with E-state index in [9.17, 15) is 18.0 Å². The summed E-state index contributed by atoms with van der Waals surface area (Å²) < 4.78 is 37.0. The standard InChI is InChI=1S/C7H8ClF3O2/c1-5(2)3(4(12)13)6(5,8)7(9,10)11/h3H,1-2H3,(H,12,13). The molecular weight excluding hydrogens is 209 g/mol. The predicted octanol–water partition coefficient (Wildman–Crippen LogP) is 2.27. The van der Waals surface area contributed by atoms with Crippen LogP contribution in [0.4, 0.5) is 13.2 Å². The number of carbonyl (C=O) groups is 1. The number of halogens is 4. The van der Waals surface area contributed by atoms with Gasteiger partial charge in [0.15, 0.2) is 4.87 Å². The molecule has 0 heterocycles. The summed E-state index contributed by atoms with van der Waals surface area (Å²) in [7, 11) is 0.